The topological polar surface area (TPSA) is 38.9 Å². The molecule has 0 saturated carbocycles. The van der Waals surface area contributed by atoms with Gasteiger partial charge >= 0.3 is 0 Å². The second kappa shape index (κ2) is 3.69. The van der Waals surface area contributed by atoms with Crippen molar-refractivity contribution in [3.05, 3.63) is 48.0 Å². The summed E-state index contributed by atoms with van der Waals surface area (Å²) in [5.41, 5.74) is 8.60. The Morgan fingerprint density at radius 1 is 1.20 bits per heavy atom. The lowest BCUT2D eigenvalue weighted by Gasteiger charge is -2.07. The van der Waals surface area contributed by atoms with Crippen LogP contribution >= 0.6 is 0 Å². The van der Waals surface area contributed by atoms with Gasteiger partial charge in [-0.1, -0.05) is 6.07 Å². The fraction of sp³-hybridized carbons (Fsp3) is 0.0833. The molecule has 0 aliphatic rings. The molecule has 0 bridgehead atoms. The number of rotatable bonds is 1. The Labute approximate surface area is 87.6 Å². The molecule has 0 radical (unpaired) electrons. The minimum absolute atomic E-state index is 0.266. The van der Waals surface area contributed by atoms with Crippen LogP contribution in [-0.2, 0) is 0 Å². The molecule has 1 heterocycles. The maximum Gasteiger partial charge on any atom is 0.134 e. The number of halogens is 1. The van der Waals surface area contributed by atoms with Crippen LogP contribution in [0.15, 0.2) is 36.7 Å². The van der Waals surface area contributed by atoms with E-state index >= 15 is 0 Å². The van der Waals surface area contributed by atoms with Crippen LogP contribution in [0.25, 0.3) is 11.1 Å². The van der Waals surface area contributed by atoms with Gasteiger partial charge < -0.3 is 5.73 Å². The third-order valence-electron chi connectivity index (χ3n) is 2.31. The molecule has 0 unspecified atom stereocenters. The van der Waals surface area contributed by atoms with Crippen LogP contribution in [0.2, 0.25) is 0 Å². The van der Waals surface area contributed by atoms with Crippen LogP contribution in [0.5, 0.6) is 0 Å². The smallest absolute Gasteiger partial charge is 0.134 e. The normalized spacial score (nSPS) is 10.3. The molecule has 76 valence electrons. The summed E-state index contributed by atoms with van der Waals surface area (Å²) in [6.45, 7) is 1.90. The Kier molecular flexibility index (Phi) is 2.37. The number of benzene rings is 1. The Hall–Kier alpha value is -1.90. The highest BCUT2D eigenvalue weighted by molar-refractivity contribution is 5.69. The average Bonchev–Trinajstić information content (AvgIpc) is 2.20. The lowest BCUT2D eigenvalue weighted by Crippen LogP contribution is -1.91. The van der Waals surface area contributed by atoms with Crippen molar-refractivity contribution in [3.8, 4) is 11.1 Å². The van der Waals surface area contributed by atoms with Gasteiger partial charge in [-0.15, -0.1) is 0 Å². The molecule has 0 amide bonds. The van der Waals surface area contributed by atoms with E-state index in [-0.39, 0.29) is 5.82 Å². The van der Waals surface area contributed by atoms with E-state index in [1.807, 2.05) is 19.1 Å². The molecule has 2 aromatic rings. The van der Waals surface area contributed by atoms with Crippen LogP contribution in [0.1, 0.15) is 5.56 Å². The van der Waals surface area contributed by atoms with Gasteiger partial charge in [-0.3, -0.25) is 4.98 Å². The monoisotopic (exact) mass is 202 g/mol. The van der Waals surface area contributed by atoms with E-state index in [1.54, 1.807) is 6.07 Å². The number of pyridine rings is 1. The van der Waals surface area contributed by atoms with E-state index in [1.165, 1.54) is 18.5 Å². The van der Waals surface area contributed by atoms with Crippen molar-refractivity contribution in [2.75, 3.05) is 5.73 Å². The maximum absolute atomic E-state index is 13.5. The standard InChI is InChI=1S/C12H11FN2/c1-8-6-9(14)2-3-10(8)11-7-15-5-4-12(11)13/h2-7H,14H2,1H3. The number of aryl methyl sites for hydroxylation is 1. The van der Waals surface area contributed by atoms with Crippen molar-refractivity contribution in [1.82, 2.24) is 4.98 Å². The van der Waals surface area contributed by atoms with E-state index in [2.05, 4.69) is 4.98 Å². The van der Waals surface area contributed by atoms with Gasteiger partial charge in [0.25, 0.3) is 0 Å². The van der Waals surface area contributed by atoms with Gasteiger partial charge in [0.05, 0.1) is 0 Å². The molecule has 0 fully saturated rings. The second-order valence-electron chi connectivity index (χ2n) is 3.43. The zero-order chi connectivity index (χ0) is 10.8. The molecule has 2 nitrogen and oxygen atoms in total. The van der Waals surface area contributed by atoms with Crippen LogP contribution in [0.4, 0.5) is 10.1 Å². The molecule has 0 aliphatic carbocycles. The van der Waals surface area contributed by atoms with E-state index in [4.69, 9.17) is 5.73 Å². The summed E-state index contributed by atoms with van der Waals surface area (Å²) >= 11 is 0. The molecule has 2 rings (SSSR count). The van der Waals surface area contributed by atoms with Gasteiger partial charge in [0.2, 0.25) is 0 Å². The largest absolute Gasteiger partial charge is 0.399 e. The average molecular weight is 202 g/mol. The number of nitrogen functional groups attached to an aromatic ring is 1. The molecular weight excluding hydrogens is 191 g/mol. The number of hydrogen-bond acceptors (Lipinski definition) is 2. The van der Waals surface area contributed by atoms with Gasteiger partial charge in [0, 0.05) is 23.6 Å². The van der Waals surface area contributed by atoms with Gasteiger partial charge in [-0.2, -0.15) is 0 Å². The first-order valence-corrected chi connectivity index (χ1v) is 4.64. The summed E-state index contributed by atoms with van der Waals surface area (Å²) in [5, 5.41) is 0. The highest BCUT2D eigenvalue weighted by Gasteiger charge is 2.07. The van der Waals surface area contributed by atoms with Crippen LogP contribution in [0, 0.1) is 12.7 Å². The zero-order valence-electron chi connectivity index (χ0n) is 8.37. The van der Waals surface area contributed by atoms with Gasteiger partial charge in [-0.05, 0) is 36.2 Å². The maximum atomic E-state index is 13.5. The summed E-state index contributed by atoms with van der Waals surface area (Å²) in [5.74, 6) is -0.266. The Bertz CT molecular complexity index is 495. The predicted molar refractivity (Wildman–Crippen MR) is 58.8 cm³/mol. The first-order chi connectivity index (χ1) is 7.18. The number of anilines is 1. The molecule has 2 N–H and O–H groups in total. The van der Waals surface area contributed by atoms with E-state index in [0.717, 1.165) is 11.1 Å². The molecule has 0 aliphatic heterocycles. The number of nitrogens with zero attached hydrogens (tertiary/aromatic N) is 1. The Morgan fingerprint density at radius 2 is 2.00 bits per heavy atom. The minimum Gasteiger partial charge on any atom is -0.399 e. The predicted octanol–water partition coefficient (Wildman–Crippen LogP) is 2.78. The van der Waals surface area contributed by atoms with Crippen molar-refractivity contribution >= 4 is 5.69 Å². The first kappa shape index (κ1) is 9.65. The summed E-state index contributed by atoms with van der Waals surface area (Å²) in [6, 6.07) is 6.74. The fourth-order valence-corrected chi connectivity index (χ4v) is 1.56. The third kappa shape index (κ3) is 1.81. The first-order valence-electron chi connectivity index (χ1n) is 4.64. The molecule has 3 heteroatoms. The Morgan fingerprint density at radius 3 is 2.67 bits per heavy atom. The van der Waals surface area contributed by atoms with E-state index in [0.29, 0.717) is 11.3 Å². The van der Waals surface area contributed by atoms with Crippen LogP contribution in [0.3, 0.4) is 0 Å². The molecular formula is C12H11FN2. The molecule has 15 heavy (non-hydrogen) atoms. The molecule has 0 saturated heterocycles. The van der Waals surface area contributed by atoms with Crippen molar-refractivity contribution in [2.45, 2.75) is 6.92 Å². The molecule has 1 aromatic heterocycles. The lowest BCUT2D eigenvalue weighted by atomic mass is 10.0. The fourth-order valence-electron chi connectivity index (χ4n) is 1.56. The van der Waals surface area contributed by atoms with Crippen molar-refractivity contribution < 1.29 is 4.39 Å². The molecule has 1 aromatic carbocycles. The van der Waals surface area contributed by atoms with Gasteiger partial charge in [0.1, 0.15) is 5.82 Å². The zero-order valence-corrected chi connectivity index (χ0v) is 8.37. The number of aromatic nitrogens is 1. The summed E-state index contributed by atoms with van der Waals surface area (Å²) in [7, 11) is 0. The SMILES string of the molecule is Cc1cc(N)ccc1-c1cnccc1F. The van der Waals surface area contributed by atoms with E-state index in [9.17, 15) is 4.39 Å². The van der Waals surface area contributed by atoms with Crippen LogP contribution < -0.4 is 5.73 Å². The highest BCUT2D eigenvalue weighted by atomic mass is 19.1. The van der Waals surface area contributed by atoms with E-state index < -0.39 is 0 Å². The molecule has 0 atom stereocenters. The van der Waals surface area contributed by atoms with Crippen LogP contribution in [-0.4, -0.2) is 4.98 Å². The number of hydrogen-bond donors (Lipinski definition) is 1. The highest BCUT2D eigenvalue weighted by Crippen LogP contribution is 2.26. The van der Waals surface area contributed by atoms with Crippen molar-refractivity contribution in [3.63, 3.8) is 0 Å². The summed E-state index contributed by atoms with van der Waals surface area (Å²) in [4.78, 5) is 3.91. The third-order valence-corrected chi connectivity index (χ3v) is 2.31. The number of nitrogens with two attached hydrogens (primary N) is 1. The Balaban J connectivity index is 2.60. The summed E-state index contributed by atoms with van der Waals surface area (Å²) in [6.07, 6.45) is 2.96. The lowest BCUT2D eigenvalue weighted by molar-refractivity contribution is 0.629. The quantitative estimate of drug-likeness (QED) is 0.722. The summed E-state index contributed by atoms with van der Waals surface area (Å²) < 4.78 is 13.5. The van der Waals surface area contributed by atoms with Crippen molar-refractivity contribution in [1.29, 1.82) is 0 Å². The second-order valence-corrected chi connectivity index (χ2v) is 3.43. The van der Waals surface area contributed by atoms with Crippen molar-refractivity contribution in [2.24, 2.45) is 0 Å². The van der Waals surface area contributed by atoms with Gasteiger partial charge in [0.15, 0.2) is 0 Å². The molecule has 0 spiro atoms. The van der Waals surface area contributed by atoms with Gasteiger partial charge in [-0.25, -0.2) is 4.39 Å². The minimum atomic E-state index is -0.266.